The molecule has 11 heteroatoms. The molecule has 0 saturated carbocycles. The number of fused-ring (bicyclic) bond motifs is 4. The third kappa shape index (κ3) is 4.78. The number of ether oxygens (including phenoxy) is 2. The van der Waals surface area contributed by atoms with E-state index in [9.17, 15) is 39.3 Å². The van der Waals surface area contributed by atoms with Crippen LogP contribution in [0.5, 0.6) is 17.2 Å². The smallest absolute Gasteiger partial charge is 0.260 e. The number of aliphatic hydroxyl groups excluding tert-OH is 2. The fourth-order valence-electron chi connectivity index (χ4n) is 8.02. The monoisotopic (exact) mass is 721 g/mol. The van der Waals surface area contributed by atoms with Crippen LogP contribution in [0.2, 0.25) is 0 Å². The maximum Gasteiger partial charge on any atom is 0.260 e. The number of methoxy groups -OCH3 is 1. The highest BCUT2D eigenvalue weighted by molar-refractivity contribution is 6.05. The number of H-pyrrole nitrogens is 1. The lowest BCUT2D eigenvalue weighted by molar-refractivity contribution is 0.306. The highest BCUT2D eigenvalue weighted by atomic mass is 16.5. The molecular weight excluding hydrogens is 690 g/mol. The number of rotatable bonds is 7. The Kier molecular flexibility index (Phi) is 7.95. The van der Waals surface area contributed by atoms with E-state index < -0.39 is 76.6 Å². The van der Waals surface area contributed by atoms with Crippen LogP contribution in [0.4, 0.5) is 0 Å². The Morgan fingerprint density at radius 2 is 1.50 bits per heavy atom. The average molecular weight is 722 g/mol. The molecule has 4 N–H and O–H groups in total. The van der Waals surface area contributed by atoms with Gasteiger partial charge in [-0.05, 0) is 66.3 Å². The Labute approximate surface area is 304 Å². The zero-order chi connectivity index (χ0) is 38.1. The molecule has 268 valence electrons. The predicted octanol–water partition coefficient (Wildman–Crippen LogP) is 3.35. The lowest BCUT2D eigenvalue weighted by Crippen LogP contribution is -2.51. The van der Waals surface area contributed by atoms with Crippen molar-refractivity contribution in [1.82, 2.24) is 4.98 Å². The fraction of sp³-hybridized carbons (Fsp3) is 0.140. The molecule has 1 aromatic heterocycles. The molecule has 3 aromatic carbocycles. The molecule has 0 fully saturated rings. The second kappa shape index (κ2) is 12.6. The van der Waals surface area contributed by atoms with Crippen molar-refractivity contribution in [1.29, 1.82) is 0 Å². The van der Waals surface area contributed by atoms with Gasteiger partial charge in [0, 0.05) is 22.7 Å². The number of pyridine rings is 1. The fourth-order valence-corrected chi connectivity index (χ4v) is 8.02. The summed E-state index contributed by atoms with van der Waals surface area (Å²) in [5.74, 6) is -2.01. The van der Waals surface area contributed by atoms with Gasteiger partial charge in [0.25, 0.3) is 5.56 Å². The second-order valence-corrected chi connectivity index (χ2v) is 13.3. The normalized spacial score (nSPS) is 16.3. The van der Waals surface area contributed by atoms with Crippen molar-refractivity contribution in [3.63, 3.8) is 0 Å². The maximum atomic E-state index is 14.0. The third-order valence-electron chi connectivity index (χ3n) is 10.4. The minimum absolute atomic E-state index is 0.0755. The molecule has 1 atom stereocenters. The maximum absolute atomic E-state index is 14.0. The molecule has 0 bridgehead atoms. The van der Waals surface area contributed by atoms with Crippen molar-refractivity contribution in [2.45, 2.75) is 31.8 Å². The lowest BCUT2D eigenvalue weighted by atomic mass is 9.77. The molecule has 1 heterocycles. The summed E-state index contributed by atoms with van der Waals surface area (Å²) >= 11 is 0. The first-order valence-corrected chi connectivity index (χ1v) is 17.1. The van der Waals surface area contributed by atoms with E-state index in [4.69, 9.17) is 9.47 Å². The first kappa shape index (κ1) is 34.1. The average Bonchev–Trinajstić information content (AvgIpc) is 3.67. The van der Waals surface area contributed by atoms with Crippen molar-refractivity contribution in [2.24, 2.45) is 0 Å². The van der Waals surface area contributed by atoms with Crippen molar-refractivity contribution >= 4 is 28.4 Å². The first-order valence-electron chi connectivity index (χ1n) is 17.1. The van der Waals surface area contributed by atoms with Crippen LogP contribution in [0.3, 0.4) is 0 Å². The number of hydrogen-bond donors (Lipinski definition) is 4. The van der Waals surface area contributed by atoms with Crippen molar-refractivity contribution in [3.05, 3.63) is 179 Å². The number of aromatic nitrogens is 1. The Balaban J connectivity index is 1.43. The van der Waals surface area contributed by atoms with E-state index in [2.05, 4.69) is 4.98 Å². The summed E-state index contributed by atoms with van der Waals surface area (Å²) in [6.07, 6.45) is 7.02. The number of aliphatic hydroxyl groups is 2. The van der Waals surface area contributed by atoms with E-state index >= 15 is 0 Å². The van der Waals surface area contributed by atoms with E-state index in [1.165, 1.54) is 0 Å². The lowest BCUT2D eigenvalue weighted by Gasteiger charge is -2.28. The molecule has 4 aliphatic rings. The van der Waals surface area contributed by atoms with Crippen LogP contribution in [0.1, 0.15) is 35.7 Å². The summed E-state index contributed by atoms with van der Waals surface area (Å²) < 4.78 is 11.0. The molecule has 0 saturated heterocycles. The molecule has 1 spiro atoms. The molecular formula is C43H31NO10. The molecule has 0 unspecified atom stereocenters. The summed E-state index contributed by atoms with van der Waals surface area (Å²) in [7, 11) is 1.13. The molecule has 4 aromatic rings. The standard InChI is InChI=1S/C43H31NO10/c1-3-4-6-11-23-18-26-29(22-12-14-24(15-13-22)54-20-21-9-7-5-8-10-21)25-16-17-43(35(25)39(49)30(26)42(52)44-23)40(50)33-34(41(43)51)38(48)32-31(37(33)47)27(45)19-28(53-2)36(32)46/h3-15,18-19,49-51H,16-17,20H2,1-2H3,(H,44,52)/t43-/m0/s1. The van der Waals surface area contributed by atoms with Crippen molar-refractivity contribution < 1.29 is 24.8 Å². The summed E-state index contributed by atoms with van der Waals surface area (Å²) in [6.45, 7) is 2.18. The number of aromatic amines is 1. The van der Waals surface area contributed by atoms with E-state index in [1.54, 1.807) is 48.6 Å². The number of allylic oxidation sites excluding steroid dienone is 3. The van der Waals surface area contributed by atoms with Crippen LogP contribution in [0.25, 0.3) is 39.5 Å². The SMILES string of the molecule is CC=CC=Cc1cc2c(-c3ccc(OCc4ccccc4)cc3)c3c(c(O)c2c(=O)[nH]1)[C@@]1(CC3)C(O)=c2c(=O)c3c(=O)cc(OC)c(=O)c=3c(=O)c2=C1O. The van der Waals surface area contributed by atoms with Crippen LogP contribution in [0, 0.1) is 10.4 Å². The summed E-state index contributed by atoms with van der Waals surface area (Å²) in [5.41, 5.74) is -4.08. The largest absolute Gasteiger partial charge is 0.510 e. The molecule has 0 radical (unpaired) electrons. The van der Waals surface area contributed by atoms with Crippen LogP contribution in [0.15, 0.2) is 109 Å². The van der Waals surface area contributed by atoms with Crippen LogP contribution < -0.4 is 47.2 Å². The van der Waals surface area contributed by atoms with Gasteiger partial charge >= 0.3 is 0 Å². The van der Waals surface area contributed by atoms with Gasteiger partial charge in [-0.3, -0.25) is 24.0 Å². The predicted molar refractivity (Wildman–Crippen MR) is 203 cm³/mol. The van der Waals surface area contributed by atoms with Gasteiger partial charge in [0.05, 0.1) is 33.4 Å². The van der Waals surface area contributed by atoms with Gasteiger partial charge in [-0.2, -0.15) is 0 Å². The van der Waals surface area contributed by atoms with E-state index in [-0.39, 0.29) is 23.8 Å². The summed E-state index contributed by atoms with van der Waals surface area (Å²) in [4.78, 5) is 70.9. The highest BCUT2D eigenvalue weighted by Crippen LogP contribution is 2.57. The molecule has 4 aliphatic carbocycles. The number of nitrogens with one attached hydrogen (secondary N) is 1. The first-order chi connectivity index (χ1) is 26.0. The quantitative estimate of drug-likeness (QED) is 0.179. The topological polar surface area (TPSA) is 180 Å². The molecule has 54 heavy (non-hydrogen) atoms. The van der Waals surface area contributed by atoms with E-state index in [0.29, 0.717) is 40.1 Å². The second-order valence-electron chi connectivity index (χ2n) is 13.3. The van der Waals surface area contributed by atoms with Gasteiger partial charge in [0.1, 0.15) is 35.0 Å². The zero-order valence-electron chi connectivity index (χ0n) is 29.0. The van der Waals surface area contributed by atoms with Crippen molar-refractivity contribution in [2.75, 3.05) is 7.11 Å². The van der Waals surface area contributed by atoms with Gasteiger partial charge in [-0.25, -0.2) is 0 Å². The number of hydrogen-bond acceptors (Lipinski definition) is 10. The van der Waals surface area contributed by atoms with Crippen LogP contribution in [-0.2, 0) is 18.4 Å². The summed E-state index contributed by atoms with van der Waals surface area (Å²) in [6, 6.07) is 19.3. The highest BCUT2D eigenvalue weighted by Gasteiger charge is 2.54. The Bertz CT molecular complexity index is 3120. The zero-order valence-corrected chi connectivity index (χ0v) is 29.0. The summed E-state index contributed by atoms with van der Waals surface area (Å²) in [5, 5.41) is 33.6. The van der Waals surface area contributed by atoms with Crippen LogP contribution in [-0.4, -0.2) is 27.4 Å². The Morgan fingerprint density at radius 1 is 0.815 bits per heavy atom. The molecule has 11 nitrogen and oxygen atoms in total. The number of benzene rings is 3. The van der Waals surface area contributed by atoms with Gasteiger partial charge in [-0.15, -0.1) is 0 Å². The number of aromatic hydroxyl groups is 1. The molecule has 0 amide bonds. The van der Waals surface area contributed by atoms with Gasteiger partial charge in [-0.1, -0.05) is 60.7 Å². The van der Waals surface area contributed by atoms with Gasteiger partial charge < -0.3 is 29.8 Å². The third-order valence-corrected chi connectivity index (χ3v) is 10.4. The van der Waals surface area contributed by atoms with E-state index in [0.717, 1.165) is 18.7 Å². The number of phenols is 1. The van der Waals surface area contributed by atoms with Crippen molar-refractivity contribution in [3.8, 4) is 28.4 Å². The Morgan fingerprint density at radius 3 is 2.17 bits per heavy atom. The number of phenolic OH excluding ortho intramolecular Hbond substituents is 1. The van der Waals surface area contributed by atoms with E-state index in [1.807, 2.05) is 43.3 Å². The van der Waals surface area contributed by atoms with Gasteiger partial charge in [0.2, 0.25) is 16.3 Å². The molecule has 8 rings (SSSR count). The van der Waals surface area contributed by atoms with Crippen LogP contribution >= 0.6 is 0 Å². The minimum Gasteiger partial charge on any atom is -0.510 e. The van der Waals surface area contributed by atoms with Gasteiger partial charge in [0.15, 0.2) is 11.2 Å². The Hall–Kier alpha value is -7.01. The minimum atomic E-state index is -2.06. The molecule has 0 aliphatic heterocycles.